The Balaban J connectivity index is 2.22. The number of carbonyl (C=O) groups excluding carboxylic acids is 1. The topological polar surface area (TPSA) is 17.1 Å². The van der Waals surface area contributed by atoms with Crippen LogP contribution in [0.5, 0.6) is 0 Å². The summed E-state index contributed by atoms with van der Waals surface area (Å²) >= 11 is 5.76. The van der Waals surface area contributed by atoms with Crippen LogP contribution >= 0.6 is 11.6 Å². The summed E-state index contributed by atoms with van der Waals surface area (Å²) in [5.74, 6) is -0.219. The minimum atomic E-state index is -4.40. The van der Waals surface area contributed by atoms with Gasteiger partial charge in [-0.25, -0.2) is 0 Å². The van der Waals surface area contributed by atoms with E-state index in [9.17, 15) is 18.0 Å². The number of alkyl halides is 3. The molecule has 0 amide bonds. The molecule has 1 nitrogen and oxygen atoms in total. The van der Waals surface area contributed by atoms with Crippen molar-refractivity contribution in [2.24, 2.45) is 0 Å². The Labute approximate surface area is 125 Å². The third-order valence-electron chi connectivity index (χ3n) is 3.13. The van der Waals surface area contributed by atoms with Gasteiger partial charge >= 0.3 is 6.18 Å². The molecule has 0 aliphatic heterocycles. The van der Waals surface area contributed by atoms with Gasteiger partial charge in [0.1, 0.15) is 0 Å². The number of Topliss-reactive ketones (excluding diaryl/α,β-unsaturated/α-hetero) is 1. The minimum absolute atomic E-state index is 0.128. The monoisotopic (exact) mass is 312 g/mol. The van der Waals surface area contributed by atoms with Crippen molar-refractivity contribution in [3.8, 4) is 0 Å². The fourth-order valence-electron chi connectivity index (χ4n) is 2.04. The average Bonchev–Trinajstić information content (AvgIpc) is 2.40. The lowest BCUT2D eigenvalue weighted by molar-refractivity contribution is -0.137. The van der Waals surface area contributed by atoms with E-state index in [4.69, 9.17) is 11.6 Å². The van der Waals surface area contributed by atoms with Crippen molar-refractivity contribution < 1.29 is 18.0 Å². The molecule has 0 saturated carbocycles. The van der Waals surface area contributed by atoms with Gasteiger partial charge in [0.25, 0.3) is 0 Å². The zero-order valence-electron chi connectivity index (χ0n) is 11.2. The molecule has 21 heavy (non-hydrogen) atoms. The average molecular weight is 313 g/mol. The van der Waals surface area contributed by atoms with E-state index < -0.39 is 11.7 Å². The molecule has 2 rings (SSSR count). The van der Waals surface area contributed by atoms with Crippen molar-refractivity contribution in [2.75, 3.05) is 0 Å². The summed E-state index contributed by atoms with van der Waals surface area (Å²) in [7, 11) is 0. The van der Waals surface area contributed by atoms with Crippen LogP contribution in [0.4, 0.5) is 13.2 Å². The van der Waals surface area contributed by atoms with Crippen LogP contribution in [0.1, 0.15) is 27.0 Å². The third kappa shape index (κ3) is 3.85. The molecule has 0 aliphatic rings. The van der Waals surface area contributed by atoms with E-state index in [1.54, 1.807) is 24.3 Å². The zero-order chi connectivity index (χ0) is 15.6. The molecular weight excluding hydrogens is 301 g/mol. The van der Waals surface area contributed by atoms with Crippen LogP contribution in [0.2, 0.25) is 5.02 Å². The molecule has 0 N–H and O–H groups in total. The Kier molecular flexibility index (Phi) is 4.37. The number of benzene rings is 2. The van der Waals surface area contributed by atoms with Crippen LogP contribution in [0.15, 0.2) is 42.5 Å². The van der Waals surface area contributed by atoms with Crippen LogP contribution < -0.4 is 0 Å². The lowest BCUT2D eigenvalue weighted by Crippen LogP contribution is -2.09. The van der Waals surface area contributed by atoms with Gasteiger partial charge in [0, 0.05) is 17.0 Å². The summed E-state index contributed by atoms with van der Waals surface area (Å²) < 4.78 is 37.8. The molecule has 0 saturated heterocycles. The van der Waals surface area contributed by atoms with Crippen molar-refractivity contribution in [3.05, 3.63) is 69.7 Å². The standard InChI is InChI=1S/C16H12ClF3O/c1-10-8-12(16(18,19)20)4-7-14(10)15(21)9-11-2-5-13(17)6-3-11/h2-8H,9H2,1H3. The van der Waals surface area contributed by atoms with Gasteiger partial charge in [-0.3, -0.25) is 4.79 Å². The fraction of sp³-hybridized carbons (Fsp3) is 0.188. The highest BCUT2D eigenvalue weighted by Crippen LogP contribution is 2.30. The summed E-state index contributed by atoms with van der Waals surface area (Å²) in [5.41, 5.74) is 0.647. The molecule has 5 heteroatoms. The van der Waals surface area contributed by atoms with E-state index in [1.807, 2.05) is 0 Å². The first-order chi connectivity index (χ1) is 9.77. The lowest BCUT2D eigenvalue weighted by atomic mass is 9.97. The maximum absolute atomic E-state index is 12.6. The van der Waals surface area contributed by atoms with Crippen LogP contribution in [0.3, 0.4) is 0 Å². The number of aryl methyl sites for hydroxylation is 1. The van der Waals surface area contributed by atoms with Gasteiger partial charge in [0.15, 0.2) is 5.78 Å². The third-order valence-corrected chi connectivity index (χ3v) is 3.38. The van der Waals surface area contributed by atoms with Gasteiger partial charge in [0.2, 0.25) is 0 Å². The quantitative estimate of drug-likeness (QED) is 0.721. The smallest absolute Gasteiger partial charge is 0.294 e. The molecule has 0 radical (unpaired) electrons. The molecule has 0 aliphatic carbocycles. The predicted octanol–water partition coefficient (Wildman–Crippen LogP) is 5.09. The van der Waals surface area contributed by atoms with E-state index in [-0.39, 0.29) is 12.2 Å². The first kappa shape index (κ1) is 15.6. The van der Waals surface area contributed by atoms with Crippen LogP contribution in [-0.2, 0) is 12.6 Å². The Morgan fingerprint density at radius 1 is 1.10 bits per heavy atom. The molecule has 2 aromatic carbocycles. The molecule has 0 bridgehead atoms. The van der Waals surface area contributed by atoms with Gasteiger partial charge in [-0.1, -0.05) is 29.8 Å². The van der Waals surface area contributed by atoms with E-state index in [1.165, 1.54) is 13.0 Å². The number of hydrogen-bond acceptors (Lipinski definition) is 1. The number of rotatable bonds is 3. The molecule has 0 unspecified atom stereocenters. The summed E-state index contributed by atoms with van der Waals surface area (Å²) in [6.07, 6.45) is -4.27. The number of ketones is 1. The lowest BCUT2D eigenvalue weighted by Gasteiger charge is -2.10. The van der Waals surface area contributed by atoms with E-state index in [0.29, 0.717) is 16.1 Å². The molecule has 0 heterocycles. The molecule has 0 fully saturated rings. The minimum Gasteiger partial charge on any atom is -0.294 e. The van der Waals surface area contributed by atoms with Gasteiger partial charge in [0.05, 0.1) is 5.56 Å². The molecule has 0 atom stereocenters. The second-order valence-electron chi connectivity index (χ2n) is 4.75. The van der Waals surface area contributed by atoms with E-state index in [0.717, 1.165) is 17.7 Å². The van der Waals surface area contributed by atoms with Crippen LogP contribution in [0.25, 0.3) is 0 Å². The number of halogens is 4. The Morgan fingerprint density at radius 3 is 2.24 bits per heavy atom. The Bertz CT molecular complexity index is 660. The summed E-state index contributed by atoms with van der Waals surface area (Å²) in [4.78, 5) is 12.2. The highest BCUT2D eigenvalue weighted by Gasteiger charge is 2.30. The zero-order valence-corrected chi connectivity index (χ0v) is 11.9. The van der Waals surface area contributed by atoms with Crippen molar-refractivity contribution in [3.63, 3.8) is 0 Å². The predicted molar refractivity (Wildman–Crippen MR) is 75.7 cm³/mol. The van der Waals surface area contributed by atoms with Gasteiger partial charge in [-0.2, -0.15) is 13.2 Å². The van der Waals surface area contributed by atoms with E-state index in [2.05, 4.69) is 0 Å². The van der Waals surface area contributed by atoms with Gasteiger partial charge in [-0.05, 0) is 42.3 Å². The molecule has 0 spiro atoms. The van der Waals surface area contributed by atoms with E-state index >= 15 is 0 Å². The molecular formula is C16H12ClF3O. The number of carbonyl (C=O) groups is 1. The van der Waals surface area contributed by atoms with Gasteiger partial charge < -0.3 is 0 Å². The first-order valence-corrected chi connectivity index (χ1v) is 6.60. The summed E-state index contributed by atoms with van der Waals surface area (Å²) in [6, 6.07) is 9.94. The largest absolute Gasteiger partial charge is 0.416 e. The maximum Gasteiger partial charge on any atom is 0.416 e. The fourth-order valence-corrected chi connectivity index (χ4v) is 2.16. The summed E-state index contributed by atoms with van der Waals surface area (Å²) in [6.45, 7) is 1.50. The number of hydrogen-bond donors (Lipinski definition) is 0. The molecule has 110 valence electrons. The second kappa shape index (κ2) is 5.90. The van der Waals surface area contributed by atoms with Crippen LogP contribution in [0, 0.1) is 6.92 Å². The Hall–Kier alpha value is -1.81. The second-order valence-corrected chi connectivity index (χ2v) is 5.19. The van der Waals surface area contributed by atoms with Crippen molar-refractivity contribution >= 4 is 17.4 Å². The summed E-state index contributed by atoms with van der Waals surface area (Å²) in [5, 5.41) is 0.567. The SMILES string of the molecule is Cc1cc(C(F)(F)F)ccc1C(=O)Cc1ccc(Cl)cc1. The van der Waals surface area contributed by atoms with Gasteiger partial charge in [-0.15, -0.1) is 0 Å². The highest BCUT2D eigenvalue weighted by molar-refractivity contribution is 6.30. The maximum atomic E-state index is 12.6. The highest BCUT2D eigenvalue weighted by atomic mass is 35.5. The van der Waals surface area contributed by atoms with Crippen molar-refractivity contribution in [1.29, 1.82) is 0 Å². The first-order valence-electron chi connectivity index (χ1n) is 6.23. The van der Waals surface area contributed by atoms with Crippen molar-refractivity contribution in [2.45, 2.75) is 19.5 Å². The van der Waals surface area contributed by atoms with Crippen molar-refractivity contribution in [1.82, 2.24) is 0 Å². The van der Waals surface area contributed by atoms with Crippen LogP contribution in [-0.4, -0.2) is 5.78 Å². The normalized spacial score (nSPS) is 11.5. The molecule has 0 aromatic heterocycles. The molecule has 2 aromatic rings. The Morgan fingerprint density at radius 2 is 1.71 bits per heavy atom.